The van der Waals surface area contributed by atoms with E-state index in [1.165, 1.54) is 41.3 Å². The molecule has 0 spiro atoms. The van der Waals surface area contributed by atoms with Crippen molar-refractivity contribution in [2.75, 3.05) is 24.0 Å². The average Bonchev–Trinajstić information content (AvgIpc) is 2.93. The Kier molecular flexibility index (Phi) is 10.7. The zero-order chi connectivity index (χ0) is 29.3. The van der Waals surface area contributed by atoms with Crippen molar-refractivity contribution < 1.29 is 27.1 Å². The van der Waals surface area contributed by atoms with Crippen LogP contribution in [0.25, 0.3) is 0 Å². The maximum atomic E-state index is 13.9. The van der Waals surface area contributed by atoms with E-state index >= 15 is 0 Å². The Balaban J connectivity index is 2.04. The van der Waals surface area contributed by atoms with Gasteiger partial charge in [-0.1, -0.05) is 36.8 Å². The van der Waals surface area contributed by atoms with Crippen LogP contribution in [0.1, 0.15) is 38.3 Å². The monoisotopic (exact) mass is 569 g/mol. The Labute approximate surface area is 235 Å². The van der Waals surface area contributed by atoms with E-state index in [9.17, 15) is 22.4 Å². The van der Waals surface area contributed by atoms with Crippen molar-refractivity contribution >= 4 is 27.5 Å². The van der Waals surface area contributed by atoms with Gasteiger partial charge in [0, 0.05) is 13.1 Å². The van der Waals surface area contributed by atoms with Gasteiger partial charge in [0.15, 0.2) is 0 Å². The summed E-state index contributed by atoms with van der Waals surface area (Å²) in [4.78, 5) is 28.2. The highest BCUT2D eigenvalue weighted by Gasteiger charge is 2.33. The second-order valence-electron chi connectivity index (χ2n) is 9.22. The molecule has 3 aromatic rings. The first-order valence-electron chi connectivity index (χ1n) is 13.2. The van der Waals surface area contributed by atoms with Crippen molar-refractivity contribution in [2.24, 2.45) is 0 Å². The number of hydrogen-bond donors (Lipinski definition) is 1. The zero-order valence-corrected chi connectivity index (χ0v) is 24.1. The van der Waals surface area contributed by atoms with Gasteiger partial charge in [0.2, 0.25) is 11.8 Å². The summed E-state index contributed by atoms with van der Waals surface area (Å²) < 4.78 is 47.8. The molecule has 0 saturated carbocycles. The summed E-state index contributed by atoms with van der Waals surface area (Å²) in [7, 11) is -4.26. The molecule has 40 heavy (non-hydrogen) atoms. The van der Waals surface area contributed by atoms with Crippen molar-refractivity contribution in [3.63, 3.8) is 0 Å². The molecule has 0 aliphatic carbocycles. The van der Waals surface area contributed by atoms with Crippen LogP contribution in [0.4, 0.5) is 10.1 Å². The molecule has 0 saturated heterocycles. The third-order valence-electron chi connectivity index (χ3n) is 6.33. The molecule has 0 fully saturated rings. The molecule has 0 aromatic heterocycles. The molecule has 3 rings (SSSR count). The Bertz CT molecular complexity index is 1380. The maximum Gasteiger partial charge on any atom is 0.264 e. The van der Waals surface area contributed by atoms with Gasteiger partial charge in [-0.25, -0.2) is 12.8 Å². The van der Waals surface area contributed by atoms with Crippen LogP contribution in [-0.2, 0) is 26.2 Å². The van der Waals surface area contributed by atoms with Gasteiger partial charge < -0.3 is 15.0 Å². The Hall–Kier alpha value is -3.92. The van der Waals surface area contributed by atoms with Gasteiger partial charge in [0.1, 0.15) is 24.2 Å². The summed E-state index contributed by atoms with van der Waals surface area (Å²) in [6.07, 6.45) is 0.325. The largest absolute Gasteiger partial charge is 0.494 e. The molecule has 0 aliphatic heterocycles. The molecule has 1 N–H and O–H groups in total. The minimum absolute atomic E-state index is 0.0612. The van der Waals surface area contributed by atoms with Gasteiger partial charge in [-0.15, -0.1) is 0 Å². The van der Waals surface area contributed by atoms with Crippen LogP contribution in [0, 0.1) is 12.7 Å². The van der Waals surface area contributed by atoms with E-state index in [2.05, 4.69) is 5.32 Å². The number of anilines is 1. The number of hydrogen-bond acceptors (Lipinski definition) is 5. The quantitative estimate of drug-likeness (QED) is 0.323. The second-order valence-corrected chi connectivity index (χ2v) is 11.1. The average molecular weight is 570 g/mol. The molecule has 0 radical (unpaired) electrons. The summed E-state index contributed by atoms with van der Waals surface area (Å²) >= 11 is 0. The molecular formula is C30H36FN3O5S. The number of carbonyl (C=O) groups is 2. The number of nitrogens with one attached hydrogen (secondary N) is 1. The second kappa shape index (κ2) is 13.9. The molecule has 2 amide bonds. The number of likely N-dealkylation sites (N-methyl/N-ethyl adjacent to an activating group) is 1. The van der Waals surface area contributed by atoms with Crippen molar-refractivity contribution in [1.82, 2.24) is 10.2 Å². The SMILES string of the molecule is CCNC(=O)C(CC)N(Cc1ccc(C)cc1)C(=O)CN(c1ccc(F)cc1)S(=O)(=O)c1ccc(OCC)cc1. The van der Waals surface area contributed by atoms with E-state index in [0.717, 1.165) is 27.6 Å². The molecule has 0 bridgehead atoms. The van der Waals surface area contributed by atoms with Crippen LogP contribution in [0.2, 0.25) is 0 Å². The van der Waals surface area contributed by atoms with Crippen LogP contribution in [-0.4, -0.2) is 50.9 Å². The van der Waals surface area contributed by atoms with E-state index in [1.54, 1.807) is 13.8 Å². The first kappa shape index (κ1) is 30.6. The van der Waals surface area contributed by atoms with E-state index in [4.69, 9.17) is 4.74 Å². The lowest BCUT2D eigenvalue weighted by molar-refractivity contribution is -0.140. The van der Waals surface area contributed by atoms with E-state index in [1.807, 2.05) is 38.1 Å². The number of aryl methyl sites for hydroxylation is 1. The standard InChI is InChI=1S/C30H36FN3O5S/c1-5-28(30(36)32-6-2)33(20-23-10-8-22(4)9-11-23)29(35)21-34(25-14-12-24(31)13-15-25)40(37,38)27-18-16-26(17-19-27)39-7-3/h8-19,28H,5-7,20-21H2,1-4H3,(H,32,36). The number of rotatable bonds is 13. The van der Waals surface area contributed by atoms with Crippen molar-refractivity contribution in [3.8, 4) is 5.75 Å². The van der Waals surface area contributed by atoms with Gasteiger partial charge in [-0.2, -0.15) is 0 Å². The fraction of sp³-hybridized carbons (Fsp3) is 0.333. The van der Waals surface area contributed by atoms with Gasteiger partial charge in [0.25, 0.3) is 10.0 Å². The van der Waals surface area contributed by atoms with E-state index in [-0.39, 0.29) is 23.0 Å². The van der Waals surface area contributed by atoms with Crippen LogP contribution in [0.15, 0.2) is 77.7 Å². The first-order valence-corrected chi connectivity index (χ1v) is 14.7. The van der Waals surface area contributed by atoms with E-state index < -0.39 is 34.3 Å². The fourth-order valence-electron chi connectivity index (χ4n) is 4.24. The number of halogens is 1. The molecule has 214 valence electrons. The minimum atomic E-state index is -4.26. The molecular weight excluding hydrogens is 533 g/mol. The van der Waals surface area contributed by atoms with Gasteiger partial charge in [0.05, 0.1) is 17.2 Å². The van der Waals surface area contributed by atoms with Gasteiger partial charge in [-0.05, 0) is 81.3 Å². The minimum Gasteiger partial charge on any atom is -0.494 e. The van der Waals surface area contributed by atoms with Gasteiger partial charge >= 0.3 is 0 Å². The van der Waals surface area contributed by atoms with Crippen LogP contribution < -0.4 is 14.4 Å². The number of benzene rings is 3. The van der Waals surface area contributed by atoms with Crippen molar-refractivity contribution in [1.29, 1.82) is 0 Å². The molecule has 1 atom stereocenters. The highest BCUT2D eigenvalue weighted by atomic mass is 32.2. The van der Waals surface area contributed by atoms with Crippen molar-refractivity contribution in [2.45, 2.75) is 51.6 Å². The molecule has 1 unspecified atom stereocenters. The highest BCUT2D eigenvalue weighted by molar-refractivity contribution is 7.92. The molecule has 8 nitrogen and oxygen atoms in total. The Morgan fingerprint density at radius 2 is 1.55 bits per heavy atom. The highest BCUT2D eigenvalue weighted by Crippen LogP contribution is 2.26. The number of carbonyl (C=O) groups excluding carboxylic acids is 2. The summed E-state index contributed by atoms with van der Waals surface area (Å²) in [6.45, 7) is 7.67. The molecule has 10 heteroatoms. The summed E-state index contributed by atoms with van der Waals surface area (Å²) in [5.41, 5.74) is 1.95. The van der Waals surface area contributed by atoms with Gasteiger partial charge in [-0.3, -0.25) is 13.9 Å². The lowest BCUT2D eigenvalue weighted by atomic mass is 10.1. The fourth-order valence-corrected chi connectivity index (χ4v) is 5.65. The maximum absolute atomic E-state index is 13.9. The number of ether oxygens (including phenoxy) is 1. The smallest absolute Gasteiger partial charge is 0.264 e. The third-order valence-corrected chi connectivity index (χ3v) is 8.11. The van der Waals surface area contributed by atoms with Crippen LogP contribution in [0.5, 0.6) is 5.75 Å². The van der Waals surface area contributed by atoms with Crippen LogP contribution in [0.3, 0.4) is 0 Å². The van der Waals surface area contributed by atoms with Crippen molar-refractivity contribution in [3.05, 3.63) is 89.7 Å². The predicted molar refractivity (Wildman–Crippen MR) is 153 cm³/mol. The first-order chi connectivity index (χ1) is 19.1. The zero-order valence-electron chi connectivity index (χ0n) is 23.3. The topological polar surface area (TPSA) is 96.0 Å². The summed E-state index contributed by atoms with van der Waals surface area (Å²) in [6, 6.07) is 17.5. The Morgan fingerprint density at radius 3 is 2.10 bits per heavy atom. The summed E-state index contributed by atoms with van der Waals surface area (Å²) in [5, 5.41) is 2.77. The summed E-state index contributed by atoms with van der Waals surface area (Å²) in [5.74, 6) is -0.940. The predicted octanol–water partition coefficient (Wildman–Crippen LogP) is 4.67. The molecule has 0 aliphatic rings. The van der Waals surface area contributed by atoms with E-state index in [0.29, 0.717) is 25.3 Å². The molecule has 0 heterocycles. The lowest BCUT2D eigenvalue weighted by Gasteiger charge is -2.33. The number of sulfonamides is 1. The lowest BCUT2D eigenvalue weighted by Crippen LogP contribution is -2.52. The number of nitrogens with zero attached hydrogens (tertiary/aromatic N) is 2. The number of amides is 2. The molecule has 3 aromatic carbocycles. The Morgan fingerprint density at radius 1 is 0.925 bits per heavy atom. The normalized spacial score (nSPS) is 11.9. The third kappa shape index (κ3) is 7.59. The van der Waals surface area contributed by atoms with Crippen LogP contribution >= 0.6 is 0 Å².